The van der Waals surface area contributed by atoms with Gasteiger partial charge in [0, 0.05) is 4.88 Å². The minimum atomic E-state index is -0.433. The summed E-state index contributed by atoms with van der Waals surface area (Å²) in [6.45, 7) is 1.53. The first-order valence-corrected chi connectivity index (χ1v) is 10.3. The molecule has 1 N–H and O–H groups in total. The van der Waals surface area contributed by atoms with Crippen molar-refractivity contribution in [3.05, 3.63) is 93.9 Å². The zero-order valence-corrected chi connectivity index (χ0v) is 16.8. The van der Waals surface area contributed by atoms with Crippen molar-refractivity contribution in [3.8, 4) is 0 Å². The van der Waals surface area contributed by atoms with Gasteiger partial charge in [-0.3, -0.25) is 9.59 Å². The van der Waals surface area contributed by atoms with Gasteiger partial charge in [-0.15, -0.1) is 11.3 Å². The van der Waals surface area contributed by atoms with Crippen LogP contribution in [-0.2, 0) is 14.3 Å². The minimum absolute atomic E-state index is 0.342. The van der Waals surface area contributed by atoms with Gasteiger partial charge in [-0.05, 0) is 41.1 Å². The maximum Gasteiger partial charge on any atom is 0.313 e. The van der Waals surface area contributed by atoms with E-state index in [-0.39, 0.29) is 12.4 Å². The summed E-state index contributed by atoms with van der Waals surface area (Å²) in [7, 11) is 0. The lowest BCUT2D eigenvalue weighted by Crippen LogP contribution is -2.33. The second kappa shape index (κ2) is 9.98. The first-order valence-electron chi connectivity index (χ1n) is 9.38. The molecule has 150 valence electrons. The van der Waals surface area contributed by atoms with Crippen LogP contribution in [0.4, 0.5) is 4.39 Å². The van der Waals surface area contributed by atoms with Crippen molar-refractivity contribution in [2.24, 2.45) is 0 Å². The van der Waals surface area contributed by atoms with Crippen LogP contribution >= 0.6 is 11.3 Å². The van der Waals surface area contributed by atoms with Gasteiger partial charge in [-0.25, -0.2) is 4.39 Å². The SMILES string of the molecule is CC[C@H](C(=O)OCC(=O)N[C@@H](c1ccc(F)cc1)c1cccs1)c1ccccc1. The largest absolute Gasteiger partial charge is 0.455 e. The summed E-state index contributed by atoms with van der Waals surface area (Å²) in [5.74, 6) is -1.59. The normalized spacial score (nSPS) is 12.8. The Morgan fingerprint density at radius 1 is 1.00 bits per heavy atom. The van der Waals surface area contributed by atoms with Crippen molar-refractivity contribution in [3.63, 3.8) is 0 Å². The molecule has 0 unspecified atom stereocenters. The average Bonchev–Trinajstić information content (AvgIpc) is 3.27. The zero-order valence-electron chi connectivity index (χ0n) is 16.0. The van der Waals surface area contributed by atoms with Gasteiger partial charge in [0.25, 0.3) is 5.91 Å². The van der Waals surface area contributed by atoms with Gasteiger partial charge in [0.1, 0.15) is 5.82 Å². The molecule has 0 spiro atoms. The standard InChI is InChI=1S/C23H22FNO3S/c1-2-19(16-7-4-3-5-8-16)23(27)28-15-21(26)25-22(20-9-6-14-29-20)17-10-12-18(24)13-11-17/h3-14,19,22H,2,15H2,1H3,(H,25,26)/t19-,22-/m0/s1. The molecular weight excluding hydrogens is 389 g/mol. The van der Waals surface area contributed by atoms with E-state index in [1.54, 1.807) is 12.1 Å². The highest BCUT2D eigenvalue weighted by molar-refractivity contribution is 7.10. The van der Waals surface area contributed by atoms with E-state index < -0.39 is 23.8 Å². The van der Waals surface area contributed by atoms with E-state index >= 15 is 0 Å². The highest BCUT2D eigenvalue weighted by atomic mass is 32.1. The van der Waals surface area contributed by atoms with E-state index in [0.717, 1.165) is 16.0 Å². The van der Waals surface area contributed by atoms with E-state index in [1.807, 2.05) is 54.8 Å². The minimum Gasteiger partial charge on any atom is -0.455 e. The second-order valence-corrected chi connectivity index (χ2v) is 7.53. The van der Waals surface area contributed by atoms with E-state index in [4.69, 9.17) is 4.74 Å². The number of hydrogen-bond acceptors (Lipinski definition) is 4. The number of halogens is 1. The van der Waals surface area contributed by atoms with Gasteiger partial charge in [0.15, 0.2) is 6.61 Å². The van der Waals surface area contributed by atoms with E-state index in [1.165, 1.54) is 23.5 Å². The van der Waals surface area contributed by atoms with Gasteiger partial charge in [-0.2, -0.15) is 0 Å². The molecule has 1 aromatic heterocycles. The number of amides is 1. The number of carbonyl (C=O) groups is 2. The number of esters is 1. The summed E-state index contributed by atoms with van der Waals surface area (Å²) in [5.41, 5.74) is 1.62. The second-order valence-electron chi connectivity index (χ2n) is 6.55. The lowest BCUT2D eigenvalue weighted by Gasteiger charge is -2.19. The van der Waals surface area contributed by atoms with Crippen LogP contribution in [0.15, 0.2) is 72.1 Å². The number of ether oxygens (including phenoxy) is 1. The molecule has 1 amide bonds. The number of thiophene rings is 1. The molecule has 0 aliphatic heterocycles. The van der Waals surface area contributed by atoms with Crippen LogP contribution in [0.5, 0.6) is 0 Å². The zero-order chi connectivity index (χ0) is 20.6. The number of carbonyl (C=O) groups excluding carboxylic acids is 2. The molecular formula is C23H22FNO3S. The molecule has 0 saturated carbocycles. The topological polar surface area (TPSA) is 55.4 Å². The van der Waals surface area contributed by atoms with Gasteiger partial charge >= 0.3 is 5.97 Å². The van der Waals surface area contributed by atoms with Crippen molar-refractivity contribution >= 4 is 23.2 Å². The average molecular weight is 411 g/mol. The maximum atomic E-state index is 13.3. The summed E-state index contributed by atoms with van der Waals surface area (Å²) in [6, 6.07) is 18.7. The Balaban J connectivity index is 1.64. The van der Waals surface area contributed by atoms with Crippen LogP contribution < -0.4 is 5.32 Å². The molecule has 3 rings (SSSR count). The fraction of sp³-hybridized carbons (Fsp3) is 0.217. The number of nitrogens with one attached hydrogen (secondary N) is 1. The number of benzene rings is 2. The lowest BCUT2D eigenvalue weighted by molar-refractivity contribution is -0.150. The first-order chi connectivity index (χ1) is 14.1. The summed E-state index contributed by atoms with van der Waals surface area (Å²) in [4.78, 5) is 25.9. The Kier molecular flexibility index (Phi) is 7.14. The monoisotopic (exact) mass is 411 g/mol. The fourth-order valence-electron chi connectivity index (χ4n) is 3.09. The van der Waals surface area contributed by atoms with Crippen LogP contribution in [0, 0.1) is 5.82 Å². The third kappa shape index (κ3) is 5.51. The van der Waals surface area contributed by atoms with Gasteiger partial charge in [0.05, 0.1) is 12.0 Å². The van der Waals surface area contributed by atoms with Crippen LogP contribution in [0.1, 0.15) is 41.3 Å². The number of hydrogen-bond donors (Lipinski definition) is 1. The Hall–Kier alpha value is -2.99. The van der Waals surface area contributed by atoms with Crippen LogP contribution in [0.25, 0.3) is 0 Å². The molecule has 0 bridgehead atoms. The quantitative estimate of drug-likeness (QED) is 0.540. The summed E-state index contributed by atoms with van der Waals surface area (Å²) in [5, 5.41) is 4.79. The van der Waals surface area contributed by atoms with Crippen LogP contribution in [0.2, 0.25) is 0 Å². The molecule has 0 aliphatic rings. The molecule has 2 atom stereocenters. The van der Waals surface area contributed by atoms with E-state index in [0.29, 0.717) is 6.42 Å². The van der Waals surface area contributed by atoms with E-state index in [2.05, 4.69) is 5.32 Å². The Morgan fingerprint density at radius 2 is 1.72 bits per heavy atom. The van der Waals surface area contributed by atoms with Crippen molar-refractivity contribution < 1.29 is 18.7 Å². The molecule has 29 heavy (non-hydrogen) atoms. The van der Waals surface area contributed by atoms with Crippen molar-refractivity contribution in [1.29, 1.82) is 0 Å². The molecule has 6 heteroatoms. The van der Waals surface area contributed by atoms with Gasteiger partial charge in [0.2, 0.25) is 0 Å². The summed E-state index contributed by atoms with van der Waals surface area (Å²) in [6.07, 6.45) is 0.581. The van der Waals surface area contributed by atoms with Crippen LogP contribution in [-0.4, -0.2) is 18.5 Å². The Morgan fingerprint density at radius 3 is 2.34 bits per heavy atom. The third-order valence-corrected chi connectivity index (χ3v) is 5.51. The summed E-state index contributed by atoms with van der Waals surface area (Å²) < 4.78 is 18.5. The molecule has 1 heterocycles. The Bertz CT molecular complexity index is 927. The molecule has 3 aromatic rings. The fourth-order valence-corrected chi connectivity index (χ4v) is 3.90. The maximum absolute atomic E-state index is 13.3. The smallest absolute Gasteiger partial charge is 0.313 e. The lowest BCUT2D eigenvalue weighted by atomic mass is 9.97. The first kappa shape index (κ1) is 20.7. The molecule has 0 radical (unpaired) electrons. The van der Waals surface area contributed by atoms with Crippen molar-refractivity contribution in [2.75, 3.05) is 6.61 Å². The molecule has 4 nitrogen and oxygen atoms in total. The highest BCUT2D eigenvalue weighted by Gasteiger charge is 2.23. The molecule has 0 aliphatic carbocycles. The molecule has 2 aromatic carbocycles. The summed E-state index contributed by atoms with van der Waals surface area (Å²) >= 11 is 1.49. The van der Waals surface area contributed by atoms with Crippen molar-refractivity contribution in [2.45, 2.75) is 25.3 Å². The predicted octanol–water partition coefficient (Wildman–Crippen LogP) is 4.83. The number of rotatable bonds is 8. The van der Waals surface area contributed by atoms with Gasteiger partial charge in [-0.1, -0.05) is 55.5 Å². The van der Waals surface area contributed by atoms with Crippen LogP contribution in [0.3, 0.4) is 0 Å². The van der Waals surface area contributed by atoms with Gasteiger partial charge < -0.3 is 10.1 Å². The predicted molar refractivity (Wildman–Crippen MR) is 111 cm³/mol. The van der Waals surface area contributed by atoms with Crippen molar-refractivity contribution in [1.82, 2.24) is 5.32 Å². The third-order valence-electron chi connectivity index (χ3n) is 4.58. The van der Waals surface area contributed by atoms with E-state index in [9.17, 15) is 14.0 Å². The highest BCUT2D eigenvalue weighted by Crippen LogP contribution is 2.26. The molecule has 0 saturated heterocycles. The molecule has 0 fully saturated rings. The Labute approximate surface area is 173 Å².